The lowest BCUT2D eigenvalue weighted by atomic mass is 9.97. The Morgan fingerprint density at radius 2 is 2.22 bits per heavy atom. The van der Waals surface area contributed by atoms with Crippen LogP contribution in [0, 0.1) is 5.92 Å². The molecule has 0 amide bonds. The van der Waals surface area contributed by atoms with Crippen LogP contribution in [0.15, 0.2) is 12.4 Å². The zero-order valence-corrected chi connectivity index (χ0v) is 11.7. The van der Waals surface area contributed by atoms with Gasteiger partial charge in [-0.25, -0.2) is 4.98 Å². The molecule has 0 bridgehead atoms. The number of piperidine rings is 1. The molecule has 0 aromatic carbocycles. The number of hydrogen-bond donors (Lipinski definition) is 1. The van der Waals surface area contributed by atoms with Crippen LogP contribution in [-0.4, -0.2) is 40.6 Å². The highest BCUT2D eigenvalue weighted by atomic mass is 15.2. The number of imidazole rings is 1. The first-order chi connectivity index (χ1) is 8.79. The van der Waals surface area contributed by atoms with Crippen LogP contribution in [0.3, 0.4) is 0 Å². The molecular weight excluding hydrogens is 224 g/mol. The van der Waals surface area contributed by atoms with Crippen molar-refractivity contribution in [1.82, 2.24) is 19.8 Å². The summed E-state index contributed by atoms with van der Waals surface area (Å²) in [4.78, 5) is 7.01. The van der Waals surface area contributed by atoms with E-state index in [0.29, 0.717) is 0 Å². The van der Waals surface area contributed by atoms with Gasteiger partial charge in [0.15, 0.2) is 0 Å². The summed E-state index contributed by atoms with van der Waals surface area (Å²) in [5.74, 6) is 2.04. The zero-order valence-electron chi connectivity index (χ0n) is 11.7. The lowest BCUT2D eigenvalue weighted by molar-refractivity contribution is 0.193. The van der Waals surface area contributed by atoms with Crippen molar-refractivity contribution >= 4 is 0 Å². The topological polar surface area (TPSA) is 33.1 Å². The largest absolute Gasteiger partial charge is 0.337 e. The highest BCUT2D eigenvalue weighted by molar-refractivity contribution is 4.91. The van der Waals surface area contributed by atoms with Crippen LogP contribution in [0.2, 0.25) is 0 Å². The molecule has 1 aliphatic heterocycles. The summed E-state index contributed by atoms with van der Waals surface area (Å²) < 4.78 is 2.13. The first-order valence-corrected chi connectivity index (χ1v) is 7.19. The number of rotatable bonds is 6. The second-order valence-corrected chi connectivity index (χ2v) is 5.38. The van der Waals surface area contributed by atoms with Crippen LogP contribution < -0.4 is 5.32 Å². The Kier molecular flexibility index (Phi) is 5.20. The average Bonchev–Trinajstić information content (AvgIpc) is 2.77. The molecule has 0 radical (unpaired) electrons. The molecular formula is C14H26N4. The molecule has 4 heteroatoms. The molecule has 1 aliphatic rings. The first-order valence-electron chi connectivity index (χ1n) is 7.19. The Balaban J connectivity index is 1.88. The lowest BCUT2D eigenvalue weighted by Crippen LogP contribution is -2.36. The van der Waals surface area contributed by atoms with E-state index in [-0.39, 0.29) is 0 Å². The van der Waals surface area contributed by atoms with Crippen molar-refractivity contribution in [2.24, 2.45) is 13.0 Å². The van der Waals surface area contributed by atoms with Gasteiger partial charge in [-0.15, -0.1) is 0 Å². The summed E-state index contributed by atoms with van der Waals surface area (Å²) in [6.45, 7) is 8.02. The highest BCUT2D eigenvalue weighted by Crippen LogP contribution is 2.15. The van der Waals surface area contributed by atoms with Crippen LogP contribution in [0.25, 0.3) is 0 Å². The van der Waals surface area contributed by atoms with E-state index in [0.717, 1.165) is 12.5 Å². The van der Waals surface area contributed by atoms with Crippen LogP contribution in [0.1, 0.15) is 32.0 Å². The SMILES string of the molecule is CCCN(Cc1nccn1C)CC1CCNCC1. The normalized spacial score (nSPS) is 17.5. The van der Waals surface area contributed by atoms with E-state index < -0.39 is 0 Å². The van der Waals surface area contributed by atoms with Crippen molar-refractivity contribution in [3.63, 3.8) is 0 Å². The third-order valence-corrected chi connectivity index (χ3v) is 3.80. The standard InChI is InChI=1S/C14H26N4/c1-3-9-18(11-13-4-6-15-7-5-13)12-14-16-8-10-17(14)2/h8,10,13,15H,3-7,9,11-12H2,1-2H3. The third kappa shape index (κ3) is 3.82. The van der Waals surface area contributed by atoms with Gasteiger partial charge in [-0.05, 0) is 44.8 Å². The van der Waals surface area contributed by atoms with Crippen molar-refractivity contribution in [2.75, 3.05) is 26.2 Å². The molecule has 1 aromatic heterocycles. The Morgan fingerprint density at radius 3 is 2.83 bits per heavy atom. The Labute approximate surface area is 110 Å². The summed E-state index contributed by atoms with van der Waals surface area (Å²) in [5.41, 5.74) is 0. The summed E-state index contributed by atoms with van der Waals surface area (Å²) in [6.07, 6.45) is 7.78. The molecule has 1 aromatic rings. The molecule has 0 spiro atoms. The Hall–Kier alpha value is -0.870. The van der Waals surface area contributed by atoms with Crippen molar-refractivity contribution < 1.29 is 0 Å². The molecule has 0 aliphatic carbocycles. The molecule has 1 N–H and O–H groups in total. The monoisotopic (exact) mass is 250 g/mol. The van der Waals surface area contributed by atoms with Gasteiger partial charge < -0.3 is 9.88 Å². The van der Waals surface area contributed by atoms with Gasteiger partial charge in [0.25, 0.3) is 0 Å². The zero-order chi connectivity index (χ0) is 12.8. The van der Waals surface area contributed by atoms with Crippen LogP contribution in [0.5, 0.6) is 0 Å². The van der Waals surface area contributed by atoms with Gasteiger partial charge in [0.05, 0.1) is 6.54 Å². The van der Waals surface area contributed by atoms with E-state index >= 15 is 0 Å². The molecule has 0 unspecified atom stereocenters. The predicted octanol–water partition coefficient (Wildman–Crippen LogP) is 1.63. The number of nitrogens with one attached hydrogen (secondary N) is 1. The highest BCUT2D eigenvalue weighted by Gasteiger charge is 2.17. The molecule has 1 saturated heterocycles. The molecule has 2 rings (SSSR count). The summed E-state index contributed by atoms with van der Waals surface area (Å²) in [6, 6.07) is 0. The Morgan fingerprint density at radius 1 is 1.44 bits per heavy atom. The second kappa shape index (κ2) is 6.90. The fourth-order valence-corrected chi connectivity index (χ4v) is 2.73. The van der Waals surface area contributed by atoms with Gasteiger partial charge in [0, 0.05) is 26.0 Å². The van der Waals surface area contributed by atoms with Gasteiger partial charge in [-0.2, -0.15) is 0 Å². The third-order valence-electron chi connectivity index (χ3n) is 3.80. The van der Waals surface area contributed by atoms with Gasteiger partial charge in [0.2, 0.25) is 0 Å². The van der Waals surface area contributed by atoms with Gasteiger partial charge in [-0.1, -0.05) is 6.92 Å². The summed E-state index contributed by atoms with van der Waals surface area (Å²) in [7, 11) is 2.08. The number of nitrogens with zero attached hydrogens (tertiary/aromatic N) is 3. The minimum absolute atomic E-state index is 0.859. The lowest BCUT2D eigenvalue weighted by Gasteiger charge is -2.29. The van der Waals surface area contributed by atoms with Gasteiger partial charge >= 0.3 is 0 Å². The van der Waals surface area contributed by atoms with Crippen molar-refractivity contribution in [1.29, 1.82) is 0 Å². The fraction of sp³-hybridized carbons (Fsp3) is 0.786. The molecule has 1 fully saturated rings. The first kappa shape index (κ1) is 13.6. The summed E-state index contributed by atoms with van der Waals surface area (Å²) >= 11 is 0. The van der Waals surface area contributed by atoms with Crippen molar-refractivity contribution in [2.45, 2.75) is 32.7 Å². The second-order valence-electron chi connectivity index (χ2n) is 5.38. The van der Waals surface area contributed by atoms with Crippen LogP contribution in [0.4, 0.5) is 0 Å². The smallest absolute Gasteiger partial charge is 0.122 e. The van der Waals surface area contributed by atoms with E-state index in [4.69, 9.17) is 0 Å². The molecule has 102 valence electrons. The maximum Gasteiger partial charge on any atom is 0.122 e. The van der Waals surface area contributed by atoms with E-state index in [1.165, 1.54) is 51.3 Å². The van der Waals surface area contributed by atoms with E-state index in [9.17, 15) is 0 Å². The van der Waals surface area contributed by atoms with Crippen molar-refractivity contribution in [3.05, 3.63) is 18.2 Å². The van der Waals surface area contributed by atoms with E-state index in [1.54, 1.807) is 0 Å². The average molecular weight is 250 g/mol. The molecule has 18 heavy (non-hydrogen) atoms. The number of hydrogen-bond acceptors (Lipinski definition) is 3. The minimum atomic E-state index is 0.859. The molecule has 0 atom stereocenters. The van der Waals surface area contributed by atoms with Crippen molar-refractivity contribution in [3.8, 4) is 0 Å². The quantitative estimate of drug-likeness (QED) is 0.833. The summed E-state index contributed by atoms with van der Waals surface area (Å²) in [5, 5.41) is 3.44. The molecule has 2 heterocycles. The molecule has 4 nitrogen and oxygen atoms in total. The van der Waals surface area contributed by atoms with E-state index in [2.05, 4.69) is 33.7 Å². The maximum atomic E-state index is 4.44. The van der Waals surface area contributed by atoms with Crippen LogP contribution in [-0.2, 0) is 13.6 Å². The predicted molar refractivity (Wildman–Crippen MR) is 74.4 cm³/mol. The van der Waals surface area contributed by atoms with E-state index in [1.807, 2.05) is 12.4 Å². The fourth-order valence-electron chi connectivity index (χ4n) is 2.73. The van der Waals surface area contributed by atoms with Gasteiger partial charge in [-0.3, -0.25) is 4.90 Å². The van der Waals surface area contributed by atoms with Gasteiger partial charge in [0.1, 0.15) is 5.82 Å². The van der Waals surface area contributed by atoms with Crippen LogP contribution >= 0.6 is 0 Å². The number of aromatic nitrogens is 2. The minimum Gasteiger partial charge on any atom is -0.337 e. The maximum absolute atomic E-state index is 4.44. The Bertz CT molecular complexity index is 341. The number of aryl methyl sites for hydroxylation is 1. The molecule has 0 saturated carbocycles.